The highest BCUT2D eigenvalue weighted by atomic mass is 127. The summed E-state index contributed by atoms with van der Waals surface area (Å²) in [7, 11) is 2.27. The molecule has 2 aliphatic rings. The topological polar surface area (TPSA) is 52.1 Å². The molecule has 0 aliphatic carbocycles. The molecule has 0 bridgehead atoms. The monoisotopic (exact) mass is 549 g/mol. The number of hydrogen-bond donors (Lipinski definition) is 2. The van der Waals surface area contributed by atoms with E-state index in [9.17, 15) is 0 Å². The summed E-state index contributed by atoms with van der Waals surface area (Å²) in [6, 6.07) is 4.98. The lowest BCUT2D eigenvalue weighted by atomic mass is 9.88. The van der Waals surface area contributed by atoms with Crippen molar-refractivity contribution in [3.8, 4) is 0 Å². The number of halogens is 1. The summed E-state index contributed by atoms with van der Waals surface area (Å²) < 4.78 is 5.45. The minimum Gasteiger partial charge on any atom is -0.379 e. The molecule has 8 heteroatoms. The molecule has 0 aromatic carbocycles. The maximum absolute atomic E-state index is 5.45. The maximum Gasteiger partial charge on any atom is 0.191 e. The molecule has 2 fully saturated rings. The van der Waals surface area contributed by atoms with E-state index in [1.165, 1.54) is 24.3 Å². The zero-order valence-electron chi connectivity index (χ0n) is 18.8. The Morgan fingerprint density at radius 3 is 2.80 bits per heavy atom. The Balaban J connectivity index is 0.00000320. The fourth-order valence-electron chi connectivity index (χ4n) is 4.48. The Labute approximate surface area is 203 Å². The van der Waals surface area contributed by atoms with Gasteiger partial charge in [0.05, 0.1) is 13.2 Å². The SMILES string of the molecule is CCNC(=NCC(C)CN1CCOCC1)NCC1CCCN(C)C1c1cccs1.I. The van der Waals surface area contributed by atoms with E-state index in [4.69, 9.17) is 9.73 Å². The minimum atomic E-state index is 0. The Morgan fingerprint density at radius 1 is 1.30 bits per heavy atom. The Bertz CT molecular complexity index is 609. The predicted molar refractivity (Wildman–Crippen MR) is 138 cm³/mol. The second-order valence-corrected chi connectivity index (χ2v) is 9.44. The van der Waals surface area contributed by atoms with Crippen molar-refractivity contribution in [3.63, 3.8) is 0 Å². The molecule has 3 atom stereocenters. The first-order chi connectivity index (χ1) is 14.2. The van der Waals surface area contributed by atoms with Crippen molar-refractivity contribution in [2.45, 2.75) is 32.7 Å². The summed E-state index contributed by atoms with van der Waals surface area (Å²) in [5.74, 6) is 2.12. The number of guanidine groups is 1. The number of nitrogens with one attached hydrogen (secondary N) is 2. The lowest BCUT2D eigenvalue weighted by molar-refractivity contribution is 0.0323. The lowest BCUT2D eigenvalue weighted by Gasteiger charge is -2.39. The van der Waals surface area contributed by atoms with Crippen LogP contribution in [0.4, 0.5) is 0 Å². The third-order valence-electron chi connectivity index (χ3n) is 5.95. The van der Waals surface area contributed by atoms with Gasteiger partial charge in [-0.2, -0.15) is 0 Å². The molecule has 3 unspecified atom stereocenters. The van der Waals surface area contributed by atoms with Crippen LogP contribution in [0.3, 0.4) is 0 Å². The van der Waals surface area contributed by atoms with Gasteiger partial charge in [0.25, 0.3) is 0 Å². The molecule has 2 N–H and O–H groups in total. The van der Waals surface area contributed by atoms with Crippen molar-refractivity contribution in [2.75, 3.05) is 66.1 Å². The van der Waals surface area contributed by atoms with Gasteiger partial charge < -0.3 is 15.4 Å². The Morgan fingerprint density at radius 2 is 2.10 bits per heavy atom. The van der Waals surface area contributed by atoms with Gasteiger partial charge >= 0.3 is 0 Å². The molecule has 2 aliphatic heterocycles. The lowest BCUT2D eigenvalue weighted by Crippen LogP contribution is -2.45. The van der Waals surface area contributed by atoms with E-state index in [-0.39, 0.29) is 24.0 Å². The molecule has 1 aromatic rings. The van der Waals surface area contributed by atoms with Gasteiger partial charge in [-0.1, -0.05) is 13.0 Å². The summed E-state index contributed by atoms with van der Waals surface area (Å²) in [6.45, 7) is 13.3. The van der Waals surface area contributed by atoms with Crippen LogP contribution in [0.25, 0.3) is 0 Å². The zero-order valence-corrected chi connectivity index (χ0v) is 22.0. The third kappa shape index (κ3) is 7.93. The van der Waals surface area contributed by atoms with E-state index in [1.54, 1.807) is 0 Å². The van der Waals surface area contributed by atoms with E-state index < -0.39 is 0 Å². The van der Waals surface area contributed by atoms with Gasteiger partial charge in [0, 0.05) is 50.2 Å². The average Bonchev–Trinajstić information content (AvgIpc) is 3.25. The highest BCUT2D eigenvalue weighted by molar-refractivity contribution is 14.0. The third-order valence-corrected chi connectivity index (χ3v) is 6.90. The van der Waals surface area contributed by atoms with Crippen LogP contribution in [0.2, 0.25) is 0 Å². The predicted octanol–water partition coefficient (Wildman–Crippen LogP) is 3.27. The van der Waals surface area contributed by atoms with Crippen molar-refractivity contribution < 1.29 is 4.74 Å². The maximum atomic E-state index is 5.45. The van der Waals surface area contributed by atoms with Crippen molar-refractivity contribution in [3.05, 3.63) is 22.4 Å². The van der Waals surface area contributed by atoms with Gasteiger partial charge in [0.1, 0.15) is 0 Å². The number of nitrogens with zero attached hydrogens (tertiary/aromatic N) is 3. The number of morpholine rings is 1. The summed E-state index contributed by atoms with van der Waals surface area (Å²) in [4.78, 5) is 11.4. The Kier molecular flexibility index (Phi) is 12.0. The van der Waals surface area contributed by atoms with Crippen molar-refractivity contribution in [2.24, 2.45) is 16.8 Å². The number of aliphatic imine (C=N–C) groups is 1. The summed E-state index contributed by atoms with van der Waals surface area (Å²) >= 11 is 1.88. The molecule has 6 nitrogen and oxygen atoms in total. The van der Waals surface area contributed by atoms with Crippen LogP contribution in [-0.4, -0.2) is 81.8 Å². The van der Waals surface area contributed by atoms with E-state index in [0.29, 0.717) is 17.9 Å². The molecule has 30 heavy (non-hydrogen) atoms. The summed E-state index contributed by atoms with van der Waals surface area (Å²) in [5.41, 5.74) is 0. The smallest absolute Gasteiger partial charge is 0.191 e. The van der Waals surface area contributed by atoms with Crippen LogP contribution in [0.15, 0.2) is 22.5 Å². The average molecular weight is 550 g/mol. The van der Waals surface area contributed by atoms with E-state index >= 15 is 0 Å². The van der Waals surface area contributed by atoms with Crippen LogP contribution < -0.4 is 10.6 Å². The molecule has 0 amide bonds. The van der Waals surface area contributed by atoms with E-state index in [1.807, 2.05) is 11.3 Å². The van der Waals surface area contributed by atoms with E-state index in [2.05, 4.69) is 58.8 Å². The van der Waals surface area contributed by atoms with E-state index in [0.717, 1.165) is 58.4 Å². The first kappa shape index (κ1) is 25.8. The molecular weight excluding hydrogens is 509 g/mol. The quantitative estimate of drug-likeness (QED) is 0.296. The molecule has 0 spiro atoms. The fraction of sp³-hybridized carbons (Fsp3) is 0.773. The van der Waals surface area contributed by atoms with Gasteiger partial charge in [0.15, 0.2) is 5.96 Å². The van der Waals surface area contributed by atoms with Crippen LogP contribution in [0.1, 0.15) is 37.6 Å². The number of thiophene rings is 1. The molecule has 1 aromatic heterocycles. The number of ether oxygens (including phenoxy) is 1. The number of hydrogen-bond acceptors (Lipinski definition) is 5. The van der Waals surface area contributed by atoms with Crippen LogP contribution >= 0.6 is 35.3 Å². The second-order valence-electron chi connectivity index (χ2n) is 8.46. The highest BCUT2D eigenvalue weighted by Crippen LogP contribution is 2.36. The van der Waals surface area contributed by atoms with Gasteiger partial charge in [0.2, 0.25) is 0 Å². The summed E-state index contributed by atoms with van der Waals surface area (Å²) in [6.07, 6.45) is 2.54. The zero-order chi connectivity index (χ0) is 20.5. The molecule has 0 saturated carbocycles. The normalized spacial score (nSPS) is 24.8. The number of piperidine rings is 1. The van der Waals surface area contributed by atoms with Crippen LogP contribution in [0.5, 0.6) is 0 Å². The van der Waals surface area contributed by atoms with Gasteiger partial charge in [-0.3, -0.25) is 14.8 Å². The molecule has 0 radical (unpaired) electrons. The molecule has 2 saturated heterocycles. The Hall–Kier alpha value is -0.420. The first-order valence-corrected chi connectivity index (χ1v) is 12.1. The van der Waals surface area contributed by atoms with Crippen molar-refractivity contribution in [1.29, 1.82) is 0 Å². The van der Waals surface area contributed by atoms with Crippen LogP contribution in [-0.2, 0) is 4.74 Å². The molecular formula is C22H40IN5OS. The highest BCUT2D eigenvalue weighted by Gasteiger charge is 2.31. The molecule has 172 valence electrons. The summed E-state index contributed by atoms with van der Waals surface area (Å²) in [5, 5.41) is 9.28. The van der Waals surface area contributed by atoms with Gasteiger partial charge in [-0.15, -0.1) is 35.3 Å². The standard InChI is InChI=1S/C22H39N5OS.HI/c1-4-23-22(24-15-18(2)17-27-10-12-28-13-11-27)25-16-19-7-5-9-26(3)21(19)20-8-6-14-29-20;/h6,8,14,18-19,21H,4-5,7,9-13,15-17H2,1-3H3,(H2,23,24,25);1H. The van der Waals surface area contributed by atoms with Gasteiger partial charge in [-0.05, 0) is 56.6 Å². The van der Waals surface area contributed by atoms with Crippen molar-refractivity contribution in [1.82, 2.24) is 20.4 Å². The van der Waals surface area contributed by atoms with Crippen molar-refractivity contribution >= 4 is 41.3 Å². The fourth-order valence-corrected chi connectivity index (χ4v) is 5.46. The molecule has 3 heterocycles. The first-order valence-electron chi connectivity index (χ1n) is 11.2. The minimum absolute atomic E-state index is 0. The largest absolute Gasteiger partial charge is 0.379 e. The molecule has 3 rings (SSSR count). The van der Waals surface area contributed by atoms with Crippen LogP contribution in [0, 0.1) is 11.8 Å². The number of likely N-dealkylation sites (tertiary alicyclic amines) is 1. The number of rotatable bonds is 8. The van der Waals surface area contributed by atoms with Gasteiger partial charge in [-0.25, -0.2) is 0 Å². The second kappa shape index (κ2) is 13.9.